The molecule has 0 radical (unpaired) electrons. The largest absolute Gasteiger partial charge is 0.493 e. The van der Waals surface area contributed by atoms with Crippen LogP contribution in [0.15, 0.2) is 30.3 Å². The number of ether oxygens (including phenoxy) is 3. The fraction of sp³-hybridized carbons (Fsp3) is 0.263. The number of rotatable bonds is 6. The molecule has 0 aliphatic carbocycles. The molecule has 1 aromatic heterocycles. The molecule has 0 bridgehead atoms. The van der Waals surface area contributed by atoms with Crippen LogP contribution in [0.2, 0.25) is 0 Å². The molecule has 0 saturated heterocycles. The van der Waals surface area contributed by atoms with E-state index in [1.54, 1.807) is 27.4 Å². The summed E-state index contributed by atoms with van der Waals surface area (Å²) in [6.07, 6.45) is 0. The Balaban J connectivity index is 1.84. The van der Waals surface area contributed by atoms with Gasteiger partial charge in [0.1, 0.15) is 0 Å². The van der Waals surface area contributed by atoms with Gasteiger partial charge in [0, 0.05) is 17.5 Å². The summed E-state index contributed by atoms with van der Waals surface area (Å²) in [7, 11) is 4.65. The van der Waals surface area contributed by atoms with Crippen LogP contribution in [0.5, 0.6) is 17.2 Å². The number of carbonyl (C=O) groups is 1. The first kappa shape index (κ1) is 17.6. The van der Waals surface area contributed by atoms with Gasteiger partial charge in [0.2, 0.25) is 5.75 Å². The lowest BCUT2D eigenvalue weighted by molar-refractivity contribution is 0.0947. The van der Waals surface area contributed by atoms with E-state index >= 15 is 0 Å². The van der Waals surface area contributed by atoms with E-state index in [9.17, 15) is 4.79 Å². The summed E-state index contributed by atoms with van der Waals surface area (Å²) in [6.45, 7) is 2.24. The summed E-state index contributed by atoms with van der Waals surface area (Å²) in [5.41, 5.74) is 3.02. The van der Waals surface area contributed by atoms with E-state index in [0.29, 0.717) is 22.9 Å². The second-order valence-corrected chi connectivity index (χ2v) is 5.80. The maximum absolute atomic E-state index is 12.6. The molecule has 0 aliphatic rings. The highest BCUT2D eigenvalue weighted by molar-refractivity contribution is 6.04. The third-order valence-electron chi connectivity index (χ3n) is 4.16. The summed E-state index contributed by atoms with van der Waals surface area (Å²) in [4.78, 5) is 12.6. The fourth-order valence-electron chi connectivity index (χ4n) is 2.86. The Morgan fingerprint density at radius 1 is 1.08 bits per heavy atom. The summed E-state index contributed by atoms with van der Waals surface area (Å²) in [5.74, 6) is 1.31. The number of aryl methyl sites for hydroxylation is 1. The molecule has 7 nitrogen and oxygen atoms in total. The Morgan fingerprint density at radius 3 is 2.54 bits per heavy atom. The Morgan fingerprint density at radius 2 is 1.85 bits per heavy atom. The van der Waals surface area contributed by atoms with Gasteiger partial charge < -0.3 is 19.5 Å². The van der Waals surface area contributed by atoms with Crippen LogP contribution in [0.1, 0.15) is 21.6 Å². The van der Waals surface area contributed by atoms with Crippen LogP contribution in [-0.4, -0.2) is 37.4 Å². The monoisotopic (exact) mass is 355 g/mol. The van der Waals surface area contributed by atoms with Crippen molar-refractivity contribution in [2.75, 3.05) is 21.3 Å². The highest BCUT2D eigenvalue weighted by Gasteiger charge is 2.18. The lowest BCUT2D eigenvalue weighted by atomic mass is 10.1. The van der Waals surface area contributed by atoms with Gasteiger partial charge in [-0.05, 0) is 31.2 Å². The molecular formula is C19H21N3O4. The molecule has 136 valence electrons. The summed E-state index contributed by atoms with van der Waals surface area (Å²) in [5, 5.41) is 10.7. The number of H-pyrrole nitrogens is 1. The van der Waals surface area contributed by atoms with Gasteiger partial charge in [-0.1, -0.05) is 11.6 Å². The van der Waals surface area contributed by atoms with Gasteiger partial charge in [0.05, 0.1) is 26.8 Å². The highest BCUT2D eigenvalue weighted by atomic mass is 16.5. The van der Waals surface area contributed by atoms with E-state index in [1.807, 2.05) is 31.2 Å². The molecule has 2 N–H and O–H groups in total. The zero-order valence-electron chi connectivity index (χ0n) is 15.2. The number of amides is 1. The number of aromatic amines is 1. The van der Waals surface area contributed by atoms with Crippen molar-refractivity contribution in [2.45, 2.75) is 13.5 Å². The Kier molecular flexibility index (Phi) is 4.97. The number of aromatic nitrogens is 2. The van der Waals surface area contributed by atoms with Crippen LogP contribution in [0.3, 0.4) is 0 Å². The first-order valence-corrected chi connectivity index (χ1v) is 8.09. The van der Waals surface area contributed by atoms with Crippen molar-refractivity contribution in [3.05, 3.63) is 47.2 Å². The summed E-state index contributed by atoms with van der Waals surface area (Å²) < 4.78 is 16.1. The maximum Gasteiger partial charge on any atom is 0.272 e. The Hall–Kier alpha value is -3.22. The number of fused-ring (bicyclic) bond motifs is 1. The minimum absolute atomic E-state index is 0.265. The molecule has 1 amide bonds. The van der Waals surface area contributed by atoms with Crippen molar-refractivity contribution in [1.29, 1.82) is 0 Å². The number of hydrogen-bond acceptors (Lipinski definition) is 5. The Labute approximate surface area is 151 Å². The average Bonchev–Trinajstić information content (AvgIpc) is 3.08. The number of hydrogen-bond donors (Lipinski definition) is 2. The third kappa shape index (κ3) is 3.15. The molecule has 0 aliphatic heterocycles. The molecule has 0 unspecified atom stereocenters. The molecule has 7 heteroatoms. The van der Waals surface area contributed by atoms with Gasteiger partial charge >= 0.3 is 0 Å². The van der Waals surface area contributed by atoms with Crippen LogP contribution in [0.25, 0.3) is 10.9 Å². The fourth-order valence-corrected chi connectivity index (χ4v) is 2.86. The predicted molar refractivity (Wildman–Crippen MR) is 98.1 cm³/mol. The second kappa shape index (κ2) is 7.35. The van der Waals surface area contributed by atoms with Crippen molar-refractivity contribution in [1.82, 2.24) is 15.5 Å². The lowest BCUT2D eigenvalue weighted by Crippen LogP contribution is -2.23. The minimum atomic E-state index is -0.265. The average molecular weight is 355 g/mol. The van der Waals surface area contributed by atoms with E-state index in [0.717, 1.165) is 22.0 Å². The smallest absolute Gasteiger partial charge is 0.272 e. The second-order valence-electron chi connectivity index (χ2n) is 5.80. The molecule has 2 aromatic carbocycles. The third-order valence-corrected chi connectivity index (χ3v) is 4.16. The molecule has 0 saturated carbocycles. The van der Waals surface area contributed by atoms with E-state index in [4.69, 9.17) is 14.2 Å². The van der Waals surface area contributed by atoms with E-state index in [1.165, 1.54) is 0 Å². The van der Waals surface area contributed by atoms with Gasteiger partial charge in [0.15, 0.2) is 17.2 Å². The molecule has 0 spiro atoms. The van der Waals surface area contributed by atoms with Crippen molar-refractivity contribution >= 4 is 16.8 Å². The minimum Gasteiger partial charge on any atom is -0.493 e. The van der Waals surface area contributed by atoms with Gasteiger partial charge in [-0.2, -0.15) is 5.10 Å². The number of methoxy groups -OCH3 is 3. The highest BCUT2D eigenvalue weighted by Crippen LogP contribution is 2.39. The lowest BCUT2D eigenvalue weighted by Gasteiger charge is -2.16. The molecule has 3 aromatic rings. The van der Waals surface area contributed by atoms with E-state index in [-0.39, 0.29) is 12.5 Å². The van der Waals surface area contributed by atoms with Crippen LogP contribution in [0, 0.1) is 6.92 Å². The van der Waals surface area contributed by atoms with Crippen LogP contribution in [-0.2, 0) is 6.54 Å². The van der Waals surface area contributed by atoms with Crippen molar-refractivity contribution < 1.29 is 19.0 Å². The Bertz CT molecular complexity index is 949. The van der Waals surface area contributed by atoms with Crippen molar-refractivity contribution in [2.24, 2.45) is 0 Å². The van der Waals surface area contributed by atoms with Crippen LogP contribution < -0.4 is 19.5 Å². The quantitative estimate of drug-likeness (QED) is 0.710. The van der Waals surface area contributed by atoms with Crippen LogP contribution >= 0.6 is 0 Å². The molecular weight excluding hydrogens is 334 g/mol. The normalized spacial score (nSPS) is 10.6. The van der Waals surface area contributed by atoms with Gasteiger partial charge in [-0.15, -0.1) is 0 Å². The molecule has 1 heterocycles. The molecule has 0 atom stereocenters. The van der Waals surface area contributed by atoms with Crippen LogP contribution in [0.4, 0.5) is 0 Å². The zero-order chi connectivity index (χ0) is 18.7. The first-order chi connectivity index (χ1) is 12.6. The maximum atomic E-state index is 12.6. The first-order valence-electron chi connectivity index (χ1n) is 8.09. The molecule has 0 fully saturated rings. The van der Waals surface area contributed by atoms with Gasteiger partial charge in [0.25, 0.3) is 5.91 Å². The zero-order valence-corrected chi connectivity index (χ0v) is 15.2. The molecule has 3 rings (SSSR count). The van der Waals surface area contributed by atoms with E-state index in [2.05, 4.69) is 15.5 Å². The van der Waals surface area contributed by atoms with Gasteiger partial charge in [-0.3, -0.25) is 9.89 Å². The molecule has 26 heavy (non-hydrogen) atoms. The standard InChI is InChI=1S/C19H21N3O4/c1-11-5-7-14-13(9-11)16(22-21-14)19(23)20-10-12-6-8-15(24-2)18(26-4)17(12)25-3/h5-9H,10H2,1-4H3,(H,20,23)(H,21,22). The van der Waals surface area contributed by atoms with Crippen molar-refractivity contribution in [3.8, 4) is 17.2 Å². The van der Waals surface area contributed by atoms with Gasteiger partial charge in [-0.25, -0.2) is 0 Å². The topological polar surface area (TPSA) is 85.5 Å². The van der Waals surface area contributed by atoms with E-state index < -0.39 is 0 Å². The summed E-state index contributed by atoms with van der Waals surface area (Å²) in [6, 6.07) is 9.41. The summed E-state index contributed by atoms with van der Waals surface area (Å²) >= 11 is 0. The number of nitrogens with one attached hydrogen (secondary N) is 2. The predicted octanol–water partition coefficient (Wildman–Crippen LogP) is 2.83. The number of carbonyl (C=O) groups excluding carboxylic acids is 1. The number of nitrogens with zero attached hydrogens (tertiary/aromatic N) is 1. The van der Waals surface area contributed by atoms with Crippen molar-refractivity contribution in [3.63, 3.8) is 0 Å². The number of benzene rings is 2. The SMILES string of the molecule is COc1ccc(CNC(=O)c2n[nH]c3ccc(C)cc23)c(OC)c1OC.